The third kappa shape index (κ3) is 4.27. The van der Waals surface area contributed by atoms with Crippen molar-refractivity contribution >= 4 is 24.4 Å². The number of benzene rings is 1. The second-order valence-corrected chi connectivity index (χ2v) is 7.06. The quantitative estimate of drug-likeness (QED) is 0.408. The molecule has 0 bridgehead atoms. The van der Waals surface area contributed by atoms with Gasteiger partial charge in [-0.05, 0) is 24.1 Å². The lowest BCUT2D eigenvalue weighted by molar-refractivity contribution is -0.384. The summed E-state index contributed by atoms with van der Waals surface area (Å²) in [5.74, 6) is -0.177. The molecule has 1 amide bonds. The summed E-state index contributed by atoms with van der Waals surface area (Å²) in [6.07, 6.45) is 0.0494. The minimum Gasteiger partial charge on any atom is -0.494 e. The number of hydrogen-bond donors (Lipinski definition) is 3. The van der Waals surface area contributed by atoms with Gasteiger partial charge in [-0.15, -0.1) is 0 Å². The maximum atomic E-state index is 12.5. The van der Waals surface area contributed by atoms with Crippen LogP contribution in [-0.2, 0) is 17.9 Å². The monoisotopic (exact) mass is 393 g/mol. The first-order valence-corrected chi connectivity index (χ1v) is 8.79. The Hall–Kier alpha value is -2.88. The highest BCUT2D eigenvalue weighted by Crippen LogP contribution is 2.28. The molecule has 9 nitrogen and oxygen atoms in total. The van der Waals surface area contributed by atoms with Gasteiger partial charge in [-0.1, -0.05) is 0 Å². The summed E-state index contributed by atoms with van der Waals surface area (Å²) < 4.78 is 6.63. The van der Waals surface area contributed by atoms with E-state index in [0.29, 0.717) is 18.5 Å². The maximum absolute atomic E-state index is 12.5. The molecule has 0 saturated carbocycles. The fourth-order valence-corrected chi connectivity index (χ4v) is 3.49. The number of aromatic hydroxyl groups is 2. The third-order valence-corrected chi connectivity index (χ3v) is 4.84. The molecule has 10 heteroatoms. The number of nitrogens with zero attached hydrogens (tertiary/aromatic N) is 3. The first kappa shape index (κ1) is 18.9. The van der Waals surface area contributed by atoms with E-state index < -0.39 is 11.0 Å². The van der Waals surface area contributed by atoms with Crippen LogP contribution >= 0.6 is 12.6 Å². The Labute approximate surface area is 160 Å². The molecule has 27 heavy (non-hydrogen) atoms. The van der Waals surface area contributed by atoms with Crippen LogP contribution in [0.5, 0.6) is 11.8 Å². The van der Waals surface area contributed by atoms with Gasteiger partial charge in [0, 0.05) is 42.6 Å². The van der Waals surface area contributed by atoms with Gasteiger partial charge in [0.05, 0.1) is 11.0 Å². The molecule has 2 heterocycles. The maximum Gasteiger partial charge on any atom is 0.410 e. The highest BCUT2D eigenvalue weighted by molar-refractivity contribution is 7.81. The van der Waals surface area contributed by atoms with E-state index in [0.717, 1.165) is 0 Å². The Balaban J connectivity index is 1.62. The van der Waals surface area contributed by atoms with Gasteiger partial charge < -0.3 is 19.8 Å². The number of rotatable bonds is 5. The molecule has 1 aliphatic heterocycles. The Morgan fingerprint density at radius 3 is 2.44 bits per heavy atom. The Kier molecular flexibility index (Phi) is 5.45. The molecular formula is C17H19N3O6S. The van der Waals surface area contributed by atoms with Crippen LogP contribution in [0.3, 0.4) is 0 Å². The molecule has 2 N–H and O–H groups in total. The zero-order valence-corrected chi connectivity index (χ0v) is 15.2. The average Bonchev–Trinajstić information content (AvgIpc) is 3.17. The van der Waals surface area contributed by atoms with E-state index in [1.165, 1.54) is 45.9 Å². The van der Waals surface area contributed by atoms with Gasteiger partial charge in [-0.25, -0.2) is 4.79 Å². The lowest BCUT2D eigenvalue weighted by Gasteiger charge is -2.24. The predicted octanol–water partition coefficient (Wildman–Crippen LogP) is 2.52. The van der Waals surface area contributed by atoms with Gasteiger partial charge in [-0.2, -0.15) is 12.6 Å². The number of thiol groups is 1. The standard InChI is InChI=1S/C17H19N3O6S/c21-15-5-6-16(22)19(15)8-13-7-14(27)9-18(13)17(23)26-10-11-1-3-12(4-2-11)20(24)25/h1-6,13-14,21-22,27H,7-10H2/t13-,14+/m1/s1. The first-order chi connectivity index (χ1) is 12.8. The topological polar surface area (TPSA) is 118 Å². The number of ether oxygens (including phenoxy) is 1. The number of non-ortho nitro benzene ring substituents is 1. The number of hydrogen-bond acceptors (Lipinski definition) is 7. The molecule has 144 valence electrons. The van der Waals surface area contributed by atoms with Crippen molar-refractivity contribution in [1.82, 2.24) is 9.47 Å². The molecule has 1 aromatic carbocycles. The molecular weight excluding hydrogens is 374 g/mol. The molecule has 1 aliphatic rings. The number of nitro benzene ring substituents is 1. The van der Waals surface area contributed by atoms with Gasteiger partial charge in [0.15, 0.2) is 11.8 Å². The molecule has 1 saturated heterocycles. The molecule has 3 rings (SSSR count). The summed E-state index contributed by atoms with van der Waals surface area (Å²) in [7, 11) is 0. The number of nitro groups is 1. The number of aromatic nitrogens is 1. The van der Waals surface area contributed by atoms with Crippen molar-refractivity contribution < 1.29 is 24.7 Å². The Bertz CT molecular complexity index is 818. The van der Waals surface area contributed by atoms with Crippen molar-refractivity contribution in [2.75, 3.05) is 6.54 Å². The van der Waals surface area contributed by atoms with Crippen LogP contribution in [0.1, 0.15) is 12.0 Å². The van der Waals surface area contributed by atoms with E-state index in [2.05, 4.69) is 12.6 Å². The minimum atomic E-state index is -0.541. The van der Waals surface area contributed by atoms with Crippen LogP contribution in [-0.4, -0.2) is 48.5 Å². The van der Waals surface area contributed by atoms with Crippen LogP contribution < -0.4 is 0 Å². The molecule has 0 spiro atoms. The lowest BCUT2D eigenvalue weighted by Crippen LogP contribution is -2.38. The summed E-state index contributed by atoms with van der Waals surface area (Å²) in [6, 6.07) is 8.22. The lowest BCUT2D eigenvalue weighted by atomic mass is 10.2. The van der Waals surface area contributed by atoms with Crippen molar-refractivity contribution in [3.8, 4) is 11.8 Å². The van der Waals surface area contributed by atoms with Crippen LogP contribution in [0.2, 0.25) is 0 Å². The Morgan fingerprint density at radius 1 is 1.22 bits per heavy atom. The molecule has 0 unspecified atom stereocenters. The SMILES string of the molecule is O=C(OCc1ccc([N+](=O)[O-])cc1)N1C[C@@H](S)C[C@@H]1Cn1c(O)ccc1O. The van der Waals surface area contributed by atoms with Gasteiger partial charge in [0.25, 0.3) is 5.69 Å². The summed E-state index contributed by atoms with van der Waals surface area (Å²) in [4.78, 5) is 24.2. The van der Waals surface area contributed by atoms with Gasteiger partial charge in [0.1, 0.15) is 6.61 Å². The number of carbonyl (C=O) groups is 1. The van der Waals surface area contributed by atoms with Crippen LogP contribution in [0.25, 0.3) is 0 Å². The van der Waals surface area contributed by atoms with E-state index in [1.807, 2.05) is 0 Å². The average molecular weight is 393 g/mol. The zero-order valence-electron chi connectivity index (χ0n) is 14.3. The summed E-state index contributed by atoms with van der Waals surface area (Å²) in [5.41, 5.74) is 0.599. The molecule has 1 fully saturated rings. The highest BCUT2D eigenvalue weighted by atomic mass is 32.1. The van der Waals surface area contributed by atoms with Crippen LogP contribution in [0, 0.1) is 10.1 Å². The molecule has 2 atom stereocenters. The van der Waals surface area contributed by atoms with Crippen LogP contribution in [0.4, 0.5) is 10.5 Å². The largest absolute Gasteiger partial charge is 0.494 e. The Morgan fingerprint density at radius 2 is 1.85 bits per heavy atom. The van der Waals surface area contributed by atoms with Crippen molar-refractivity contribution in [1.29, 1.82) is 0 Å². The van der Waals surface area contributed by atoms with Gasteiger partial charge in [0.2, 0.25) is 0 Å². The molecule has 2 aromatic rings. The van der Waals surface area contributed by atoms with E-state index in [9.17, 15) is 25.1 Å². The van der Waals surface area contributed by atoms with E-state index >= 15 is 0 Å². The third-order valence-electron chi connectivity index (χ3n) is 4.46. The van der Waals surface area contributed by atoms with E-state index in [-0.39, 0.29) is 41.9 Å². The van der Waals surface area contributed by atoms with Crippen molar-refractivity contribution in [3.05, 3.63) is 52.1 Å². The van der Waals surface area contributed by atoms with Crippen LogP contribution in [0.15, 0.2) is 36.4 Å². The summed E-state index contributed by atoms with van der Waals surface area (Å²) in [5, 5.41) is 30.2. The summed E-state index contributed by atoms with van der Waals surface area (Å²) >= 11 is 4.43. The second-order valence-electron chi connectivity index (χ2n) is 6.33. The van der Waals surface area contributed by atoms with Crippen molar-refractivity contribution in [2.24, 2.45) is 0 Å². The van der Waals surface area contributed by atoms with E-state index in [4.69, 9.17) is 4.74 Å². The van der Waals surface area contributed by atoms with Crippen molar-refractivity contribution in [2.45, 2.75) is 30.9 Å². The van der Waals surface area contributed by atoms with Gasteiger partial charge >= 0.3 is 6.09 Å². The van der Waals surface area contributed by atoms with E-state index in [1.54, 1.807) is 0 Å². The highest BCUT2D eigenvalue weighted by Gasteiger charge is 2.35. The number of likely N-dealkylation sites (tertiary alicyclic amines) is 1. The predicted molar refractivity (Wildman–Crippen MR) is 98.9 cm³/mol. The zero-order chi connectivity index (χ0) is 19.6. The molecule has 0 radical (unpaired) electrons. The fourth-order valence-electron chi connectivity index (χ4n) is 3.07. The van der Waals surface area contributed by atoms with Gasteiger partial charge in [-0.3, -0.25) is 14.7 Å². The number of amides is 1. The minimum absolute atomic E-state index is 0.0166. The second kappa shape index (κ2) is 7.78. The molecule has 0 aliphatic carbocycles. The summed E-state index contributed by atoms with van der Waals surface area (Å²) in [6.45, 7) is 0.585. The number of carbonyl (C=O) groups excluding carboxylic acids is 1. The fraction of sp³-hybridized carbons (Fsp3) is 0.353. The smallest absolute Gasteiger partial charge is 0.410 e. The van der Waals surface area contributed by atoms with Crippen molar-refractivity contribution in [3.63, 3.8) is 0 Å². The first-order valence-electron chi connectivity index (χ1n) is 8.27. The normalized spacial score (nSPS) is 19.2. The molecule has 1 aromatic heterocycles.